The highest BCUT2D eigenvalue weighted by Crippen LogP contribution is 2.42. The molecular weight excluding hydrogens is 431 g/mol. The Morgan fingerprint density at radius 2 is 1.84 bits per heavy atom. The van der Waals surface area contributed by atoms with E-state index in [9.17, 15) is 4.79 Å². The highest BCUT2D eigenvalue weighted by atomic mass is 32.2. The molecule has 0 saturated heterocycles. The zero-order chi connectivity index (χ0) is 22.4. The van der Waals surface area contributed by atoms with E-state index in [2.05, 4.69) is 21.4 Å². The topological polar surface area (TPSA) is 99.4 Å². The van der Waals surface area contributed by atoms with Gasteiger partial charge in [0.15, 0.2) is 19.9 Å². The maximum Gasteiger partial charge on any atom is 0.278 e. The van der Waals surface area contributed by atoms with Crippen molar-refractivity contribution in [1.82, 2.24) is 9.97 Å². The standard InChI is InChI=1S/C22H25N4O3PS/c1-14-5-10-18(15(2)11-14)19-12-24-21(23)20(26-19)22(27)25-16-6-8-17(9-7-16)31-13-30(28-3)29-4/h5-12H,13H2,1-4H3,(H2,23,24)(H,25,27). The Bertz CT molecular complexity index is 1060. The van der Waals surface area contributed by atoms with Crippen LogP contribution in [0.15, 0.2) is 53.6 Å². The third-order valence-corrected chi connectivity index (χ3v) is 7.31. The first kappa shape index (κ1) is 23.2. The van der Waals surface area contributed by atoms with Gasteiger partial charge in [0, 0.05) is 30.4 Å². The van der Waals surface area contributed by atoms with Crippen molar-refractivity contribution in [2.24, 2.45) is 0 Å². The van der Waals surface area contributed by atoms with Crippen molar-refractivity contribution in [3.63, 3.8) is 0 Å². The van der Waals surface area contributed by atoms with E-state index in [1.165, 1.54) is 0 Å². The molecular formula is C22H25N4O3PS. The highest BCUT2D eigenvalue weighted by Gasteiger charge is 2.16. The van der Waals surface area contributed by atoms with Crippen LogP contribution in [0.5, 0.6) is 0 Å². The summed E-state index contributed by atoms with van der Waals surface area (Å²) in [5.41, 5.74) is 11.2. The summed E-state index contributed by atoms with van der Waals surface area (Å²) in [6.45, 7) is 4.03. The average molecular weight is 457 g/mol. The summed E-state index contributed by atoms with van der Waals surface area (Å²) in [4.78, 5) is 22.5. The number of nitrogens with one attached hydrogen (secondary N) is 1. The van der Waals surface area contributed by atoms with Crippen LogP contribution in [0.2, 0.25) is 0 Å². The Balaban J connectivity index is 1.73. The maximum absolute atomic E-state index is 12.8. The van der Waals surface area contributed by atoms with Crippen molar-refractivity contribution in [2.75, 3.05) is 30.8 Å². The van der Waals surface area contributed by atoms with Crippen LogP contribution in [-0.4, -0.2) is 35.6 Å². The zero-order valence-corrected chi connectivity index (χ0v) is 19.6. The van der Waals surface area contributed by atoms with Crippen LogP contribution in [0.4, 0.5) is 11.5 Å². The molecule has 9 heteroatoms. The lowest BCUT2D eigenvalue weighted by Crippen LogP contribution is -2.17. The Labute approximate surface area is 187 Å². The fourth-order valence-electron chi connectivity index (χ4n) is 2.93. The summed E-state index contributed by atoms with van der Waals surface area (Å²) in [6, 6.07) is 13.6. The average Bonchev–Trinajstić information content (AvgIpc) is 2.76. The molecule has 31 heavy (non-hydrogen) atoms. The predicted octanol–water partition coefficient (Wildman–Crippen LogP) is 5.25. The maximum atomic E-state index is 12.8. The number of carbonyl (C=O) groups is 1. The lowest BCUT2D eigenvalue weighted by molar-refractivity contribution is 0.102. The summed E-state index contributed by atoms with van der Waals surface area (Å²) in [5.74, 6) is -0.315. The van der Waals surface area contributed by atoms with Crippen molar-refractivity contribution >= 4 is 37.5 Å². The number of amides is 1. The number of aromatic nitrogens is 2. The molecule has 0 aliphatic rings. The van der Waals surface area contributed by atoms with Gasteiger partial charge in [-0.05, 0) is 43.7 Å². The molecule has 2 aromatic carbocycles. The number of benzene rings is 2. The number of carbonyl (C=O) groups excluding carboxylic acids is 1. The van der Waals surface area contributed by atoms with Crippen molar-refractivity contribution in [1.29, 1.82) is 0 Å². The van der Waals surface area contributed by atoms with E-state index in [1.807, 2.05) is 50.2 Å². The van der Waals surface area contributed by atoms with E-state index < -0.39 is 14.3 Å². The number of rotatable bonds is 8. The van der Waals surface area contributed by atoms with Gasteiger partial charge in [0.05, 0.1) is 17.4 Å². The molecule has 162 valence electrons. The lowest BCUT2D eigenvalue weighted by atomic mass is 10.0. The van der Waals surface area contributed by atoms with Gasteiger partial charge in [-0.25, -0.2) is 9.97 Å². The molecule has 1 amide bonds. The normalized spacial score (nSPS) is 11.0. The van der Waals surface area contributed by atoms with Gasteiger partial charge in [-0.15, -0.1) is 11.8 Å². The van der Waals surface area contributed by atoms with Gasteiger partial charge in [0.25, 0.3) is 5.91 Å². The summed E-state index contributed by atoms with van der Waals surface area (Å²) in [7, 11) is 2.38. The second kappa shape index (κ2) is 10.7. The van der Waals surface area contributed by atoms with Crippen LogP contribution in [0.3, 0.4) is 0 Å². The number of anilines is 2. The number of nitrogen functional groups attached to an aromatic ring is 1. The monoisotopic (exact) mass is 456 g/mol. The molecule has 3 N–H and O–H groups in total. The minimum absolute atomic E-state index is 0.0886. The highest BCUT2D eigenvalue weighted by molar-refractivity contribution is 8.04. The van der Waals surface area contributed by atoms with Crippen molar-refractivity contribution in [3.8, 4) is 11.3 Å². The Kier molecular flexibility index (Phi) is 7.98. The fourth-order valence-corrected chi connectivity index (χ4v) is 5.27. The van der Waals surface area contributed by atoms with Gasteiger partial charge in [0.1, 0.15) is 0 Å². The summed E-state index contributed by atoms with van der Waals surface area (Å²) < 4.78 is 10.5. The third-order valence-electron chi connectivity index (χ3n) is 4.53. The molecule has 7 nitrogen and oxygen atoms in total. The molecule has 0 fully saturated rings. The van der Waals surface area contributed by atoms with Gasteiger partial charge in [0.2, 0.25) is 0 Å². The van der Waals surface area contributed by atoms with E-state index in [-0.39, 0.29) is 11.5 Å². The zero-order valence-electron chi connectivity index (χ0n) is 17.9. The quantitative estimate of drug-likeness (QED) is 0.353. The number of hydrogen-bond donors (Lipinski definition) is 2. The first-order valence-corrected chi connectivity index (χ1v) is 11.9. The summed E-state index contributed by atoms with van der Waals surface area (Å²) in [5, 5.41) is 2.84. The van der Waals surface area contributed by atoms with Crippen molar-refractivity contribution in [3.05, 3.63) is 65.5 Å². The first-order valence-electron chi connectivity index (χ1n) is 9.51. The lowest BCUT2D eigenvalue weighted by Gasteiger charge is -2.12. The first-order chi connectivity index (χ1) is 14.9. The minimum atomic E-state index is -0.898. The molecule has 0 radical (unpaired) electrons. The van der Waals surface area contributed by atoms with Crippen LogP contribution in [0.1, 0.15) is 21.6 Å². The van der Waals surface area contributed by atoms with Crippen molar-refractivity contribution in [2.45, 2.75) is 18.7 Å². The molecule has 0 atom stereocenters. The molecule has 0 aliphatic carbocycles. The SMILES string of the molecule is COP(CSc1ccc(NC(=O)c2nc(-c3ccc(C)cc3C)cnc2N)cc1)OC. The van der Waals surface area contributed by atoms with E-state index >= 15 is 0 Å². The van der Waals surface area contributed by atoms with Crippen molar-refractivity contribution < 1.29 is 13.8 Å². The van der Waals surface area contributed by atoms with E-state index in [0.717, 1.165) is 27.1 Å². The van der Waals surface area contributed by atoms with Crippen LogP contribution >= 0.6 is 20.1 Å². The molecule has 0 unspecified atom stereocenters. The van der Waals surface area contributed by atoms with Crippen LogP contribution in [-0.2, 0) is 9.05 Å². The van der Waals surface area contributed by atoms with Gasteiger partial charge in [-0.3, -0.25) is 4.79 Å². The number of hydrogen-bond acceptors (Lipinski definition) is 7. The van der Waals surface area contributed by atoms with E-state index in [1.54, 1.807) is 32.2 Å². The van der Waals surface area contributed by atoms with Gasteiger partial charge in [-0.1, -0.05) is 23.8 Å². The van der Waals surface area contributed by atoms with Crippen LogP contribution < -0.4 is 11.1 Å². The molecule has 0 aliphatic heterocycles. The molecule has 0 bridgehead atoms. The number of nitrogens with zero attached hydrogens (tertiary/aromatic N) is 2. The molecule has 3 rings (SSSR count). The van der Waals surface area contributed by atoms with Gasteiger partial charge < -0.3 is 20.1 Å². The molecule has 0 spiro atoms. The second-order valence-electron chi connectivity index (χ2n) is 6.76. The third kappa shape index (κ3) is 6.02. The Morgan fingerprint density at radius 1 is 1.13 bits per heavy atom. The smallest absolute Gasteiger partial charge is 0.278 e. The van der Waals surface area contributed by atoms with E-state index in [4.69, 9.17) is 14.8 Å². The largest absolute Gasteiger partial charge is 0.382 e. The Morgan fingerprint density at radius 3 is 2.48 bits per heavy atom. The van der Waals surface area contributed by atoms with Crippen LogP contribution in [0.25, 0.3) is 11.3 Å². The van der Waals surface area contributed by atoms with E-state index in [0.29, 0.717) is 11.4 Å². The summed E-state index contributed by atoms with van der Waals surface area (Å²) in [6.07, 6.45) is 1.59. The predicted molar refractivity (Wildman–Crippen MR) is 127 cm³/mol. The number of nitrogens with two attached hydrogens (primary N) is 1. The molecule has 0 saturated carbocycles. The summed E-state index contributed by atoms with van der Waals surface area (Å²) >= 11 is 1.63. The van der Waals surface area contributed by atoms with Crippen LogP contribution in [0, 0.1) is 13.8 Å². The number of aryl methyl sites for hydroxylation is 2. The second-order valence-corrected chi connectivity index (χ2v) is 9.95. The molecule has 1 aromatic heterocycles. The number of thioether (sulfide) groups is 1. The minimum Gasteiger partial charge on any atom is -0.382 e. The molecule has 1 heterocycles. The Hall–Kier alpha value is -2.51. The van der Waals surface area contributed by atoms with Gasteiger partial charge >= 0.3 is 0 Å². The molecule has 3 aromatic rings. The van der Waals surface area contributed by atoms with Gasteiger partial charge in [-0.2, -0.15) is 0 Å². The fraction of sp³-hybridized carbons (Fsp3) is 0.227.